The number of hydrogen-bond donors (Lipinski definition) is 0. The molecule has 2 aromatic heterocycles. The molecule has 5 aromatic rings. The van der Waals surface area contributed by atoms with Crippen LogP contribution >= 0.6 is 22.6 Å². The Kier molecular flexibility index (Phi) is 2.94. The molecular formula is C19H11FIN3. The molecule has 0 spiro atoms. The molecule has 0 radical (unpaired) electrons. The fourth-order valence-electron chi connectivity index (χ4n) is 3.26. The number of para-hydroxylation sites is 4. The van der Waals surface area contributed by atoms with Gasteiger partial charge in [0.1, 0.15) is 11.3 Å². The minimum Gasteiger partial charge on any atom is -0.276 e. The Labute approximate surface area is 150 Å². The molecular weight excluding hydrogens is 416 g/mol. The van der Waals surface area contributed by atoms with Crippen molar-refractivity contribution in [3.8, 4) is 5.69 Å². The van der Waals surface area contributed by atoms with Gasteiger partial charge in [-0.25, -0.2) is 9.37 Å². The summed E-state index contributed by atoms with van der Waals surface area (Å²) in [6.45, 7) is 0. The molecule has 0 N–H and O–H groups in total. The van der Waals surface area contributed by atoms with Crippen molar-refractivity contribution in [1.82, 2.24) is 14.0 Å². The van der Waals surface area contributed by atoms with Crippen molar-refractivity contribution in [2.75, 3.05) is 0 Å². The summed E-state index contributed by atoms with van der Waals surface area (Å²) in [7, 11) is 0. The molecule has 0 aliphatic rings. The molecule has 0 aliphatic heterocycles. The van der Waals surface area contributed by atoms with Crippen LogP contribution in [0.1, 0.15) is 0 Å². The highest BCUT2D eigenvalue weighted by atomic mass is 127. The van der Waals surface area contributed by atoms with Gasteiger partial charge < -0.3 is 0 Å². The molecule has 0 bridgehead atoms. The molecule has 5 rings (SSSR count). The number of rotatable bonds is 1. The van der Waals surface area contributed by atoms with E-state index in [4.69, 9.17) is 4.98 Å². The van der Waals surface area contributed by atoms with Crippen molar-refractivity contribution in [2.45, 2.75) is 0 Å². The highest BCUT2D eigenvalue weighted by Gasteiger charge is 2.19. The van der Waals surface area contributed by atoms with Gasteiger partial charge in [0, 0.05) is 3.57 Å². The molecule has 0 amide bonds. The third-order valence-corrected chi connectivity index (χ3v) is 5.15. The summed E-state index contributed by atoms with van der Waals surface area (Å²) in [6, 6.07) is 20.9. The van der Waals surface area contributed by atoms with Gasteiger partial charge in [0.05, 0.1) is 22.2 Å². The van der Waals surface area contributed by atoms with Crippen LogP contribution in [0.3, 0.4) is 0 Å². The molecule has 116 valence electrons. The average molecular weight is 427 g/mol. The first kappa shape index (κ1) is 14.0. The van der Waals surface area contributed by atoms with Crippen molar-refractivity contribution in [2.24, 2.45) is 0 Å². The molecule has 0 saturated heterocycles. The summed E-state index contributed by atoms with van der Waals surface area (Å²) < 4.78 is 19.6. The lowest BCUT2D eigenvalue weighted by Crippen LogP contribution is -1.98. The van der Waals surface area contributed by atoms with Crippen LogP contribution in [0.25, 0.3) is 33.5 Å². The fourth-order valence-corrected chi connectivity index (χ4v) is 3.87. The summed E-state index contributed by atoms with van der Waals surface area (Å²) in [4.78, 5) is 4.82. The van der Waals surface area contributed by atoms with E-state index in [1.165, 1.54) is 6.07 Å². The van der Waals surface area contributed by atoms with Crippen molar-refractivity contribution in [3.63, 3.8) is 0 Å². The van der Waals surface area contributed by atoms with Gasteiger partial charge in [0.15, 0.2) is 0 Å². The van der Waals surface area contributed by atoms with E-state index in [0.29, 0.717) is 5.69 Å². The maximum atomic E-state index is 14.5. The third-order valence-electron chi connectivity index (χ3n) is 4.28. The van der Waals surface area contributed by atoms with E-state index in [0.717, 1.165) is 31.4 Å². The van der Waals surface area contributed by atoms with Crippen LogP contribution in [0.2, 0.25) is 0 Å². The van der Waals surface area contributed by atoms with Gasteiger partial charge in [-0.3, -0.25) is 8.97 Å². The summed E-state index contributed by atoms with van der Waals surface area (Å²) in [6.07, 6.45) is 0. The van der Waals surface area contributed by atoms with Crippen LogP contribution in [0.15, 0.2) is 66.7 Å². The second-order valence-electron chi connectivity index (χ2n) is 5.63. The predicted octanol–water partition coefficient (Wildman–Crippen LogP) is 5.18. The van der Waals surface area contributed by atoms with Crippen molar-refractivity contribution >= 4 is 50.4 Å². The molecule has 0 aliphatic carbocycles. The summed E-state index contributed by atoms with van der Waals surface area (Å²) in [5, 5.41) is 0. The van der Waals surface area contributed by atoms with Crippen molar-refractivity contribution < 1.29 is 4.39 Å². The molecule has 2 heterocycles. The zero-order valence-corrected chi connectivity index (χ0v) is 14.6. The van der Waals surface area contributed by atoms with Crippen LogP contribution in [0.5, 0.6) is 0 Å². The fraction of sp³-hybridized carbons (Fsp3) is 0. The van der Waals surface area contributed by atoms with Crippen molar-refractivity contribution in [3.05, 3.63) is 76.1 Å². The van der Waals surface area contributed by atoms with Gasteiger partial charge >= 0.3 is 0 Å². The number of hydrogen-bond acceptors (Lipinski definition) is 1. The van der Waals surface area contributed by atoms with Gasteiger partial charge in [0.25, 0.3) is 0 Å². The second-order valence-corrected chi connectivity index (χ2v) is 6.79. The second kappa shape index (κ2) is 5.04. The van der Waals surface area contributed by atoms with E-state index < -0.39 is 0 Å². The summed E-state index contributed by atoms with van der Waals surface area (Å²) in [5.41, 5.74) is 4.42. The molecule has 0 saturated carbocycles. The summed E-state index contributed by atoms with van der Waals surface area (Å²) >= 11 is 2.29. The molecule has 0 unspecified atom stereocenters. The Hall–Kier alpha value is -2.41. The van der Waals surface area contributed by atoms with E-state index in [1.807, 2.05) is 47.0 Å². The number of halogens is 2. The molecule has 0 fully saturated rings. The van der Waals surface area contributed by atoms with Gasteiger partial charge in [0.2, 0.25) is 5.78 Å². The number of aromatic nitrogens is 3. The topological polar surface area (TPSA) is 22.2 Å². The lowest BCUT2D eigenvalue weighted by Gasteiger charge is -2.06. The lowest BCUT2D eigenvalue weighted by molar-refractivity contribution is 0.620. The number of nitrogens with zero attached hydrogens (tertiary/aromatic N) is 3. The maximum Gasteiger partial charge on any atom is 0.220 e. The van der Waals surface area contributed by atoms with Crippen LogP contribution in [-0.2, 0) is 0 Å². The average Bonchev–Trinajstić information content (AvgIpc) is 3.12. The Bertz CT molecular complexity index is 1240. The molecule has 5 heteroatoms. The first-order chi connectivity index (χ1) is 11.8. The van der Waals surface area contributed by atoms with E-state index >= 15 is 0 Å². The van der Waals surface area contributed by atoms with Crippen LogP contribution in [0.4, 0.5) is 4.39 Å². The van der Waals surface area contributed by atoms with Gasteiger partial charge in [-0.2, -0.15) is 0 Å². The molecule has 0 atom stereocenters. The standard InChI is InChI=1S/C19H11FIN3/c20-12-6-1-2-8-14(12)23-15-9-3-4-10-16(15)24-17-11-5-7-13(21)18(17)22-19(23)24/h1-11H. The molecule has 24 heavy (non-hydrogen) atoms. The molecule has 3 nitrogen and oxygen atoms in total. The maximum absolute atomic E-state index is 14.5. The van der Waals surface area contributed by atoms with Gasteiger partial charge in [-0.05, 0) is 59.0 Å². The zero-order valence-electron chi connectivity index (χ0n) is 12.4. The van der Waals surface area contributed by atoms with E-state index in [-0.39, 0.29) is 5.82 Å². The Balaban J connectivity index is 2.07. The Morgan fingerprint density at radius 3 is 2.33 bits per heavy atom. The van der Waals surface area contributed by atoms with Crippen LogP contribution in [0, 0.1) is 9.39 Å². The Morgan fingerprint density at radius 2 is 1.50 bits per heavy atom. The third kappa shape index (κ3) is 1.78. The SMILES string of the molecule is Fc1ccccc1-n1c2ccccc2n2c3cccc(I)c3nc12. The normalized spacial score (nSPS) is 11.8. The highest BCUT2D eigenvalue weighted by molar-refractivity contribution is 14.1. The number of fused-ring (bicyclic) bond motifs is 5. The van der Waals surface area contributed by atoms with Gasteiger partial charge in [-0.15, -0.1) is 0 Å². The van der Waals surface area contributed by atoms with Crippen LogP contribution < -0.4 is 0 Å². The van der Waals surface area contributed by atoms with E-state index in [2.05, 4.69) is 33.1 Å². The summed E-state index contributed by atoms with van der Waals surface area (Å²) in [5.74, 6) is 0.461. The Morgan fingerprint density at radius 1 is 0.792 bits per heavy atom. The van der Waals surface area contributed by atoms with E-state index in [1.54, 1.807) is 12.1 Å². The smallest absolute Gasteiger partial charge is 0.220 e. The minimum absolute atomic E-state index is 0.262. The first-order valence-corrected chi connectivity index (χ1v) is 8.64. The lowest BCUT2D eigenvalue weighted by atomic mass is 10.2. The quantitative estimate of drug-likeness (QED) is 0.338. The van der Waals surface area contributed by atoms with Crippen molar-refractivity contribution in [1.29, 1.82) is 0 Å². The van der Waals surface area contributed by atoms with Crippen LogP contribution in [-0.4, -0.2) is 14.0 Å². The predicted molar refractivity (Wildman–Crippen MR) is 102 cm³/mol. The number of benzene rings is 3. The monoisotopic (exact) mass is 427 g/mol. The van der Waals surface area contributed by atoms with E-state index in [9.17, 15) is 4.39 Å². The van der Waals surface area contributed by atoms with Gasteiger partial charge in [-0.1, -0.05) is 30.3 Å². The minimum atomic E-state index is -0.262. The largest absolute Gasteiger partial charge is 0.276 e. The molecule has 3 aromatic carbocycles. The zero-order chi connectivity index (χ0) is 16.3. The number of imidazole rings is 2. The first-order valence-electron chi connectivity index (χ1n) is 7.57. The highest BCUT2D eigenvalue weighted by Crippen LogP contribution is 2.31.